The van der Waals surface area contributed by atoms with Crippen LogP contribution in [0.25, 0.3) is 0 Å². The first-order chi connectivity index (χ1) is 6.31. The van der Waals surface area contributed by atoms with Crippen LogP contribution in [0.4, 0.5) is 0 Å². The summed E-state index contributed by atoms with van der Waals surface area (Å²) in [6.45, 7) is 0. The van der Waals surface area contributed by atoms with Crippen LogP contribution < -0.4 is 0 Å². The lowest BCUT2D eigenvalue weighted by atomic mass is 9.73. The van der Waals surface area contributed by atoms with Gasteiger partial charge in [-0.1, -0.05) is 31.8 Å². The highest BCUT2D eigenvalue weighted by molar-refractivity contribution is 5.90. The molecule has 0 aromatic rings. The summed E-state index contributed by atoms with van der Waals surface area (Å²) in [6, 6.07) is 0. The summed E-state index contributed by atoms with van der Waals surface area (Å²) >= 11 is 0. The van der Waals surface area contributed by atoms with Crippen molar-refractivity contribution >= 4 is 5.78 Å². The average molecular weight is 178 g/mol. The Labute approximate surface area is 80.2 Å². The first kappa shape index (κ1) is 8.98. The molecule has 0 unspecified atom stereocenters. The number of hydrogen-bond donors (Lipinski definition) is 0. The fraction of sp³-hybridized carbons (Fsp3) is 0.750. The van der Waals surface area contributed by atoms with Crippen LogP contribution in [0.2, 0.25) is 0 Å². The summed E-state index contributed by atoms with van der Waals surface area (Å²) in [6.07, 6.45) is 14.1. The van der Waals surface area contributed by atoms with Crippen molar-refractivity contribution in [2.45, 2.75) is 51.4 Å². The standard InChI is InChI=1S/C12H18O/c13-11-5-9-12(10-6-11)7-3-1-2-4-8-12/h5,9H,1-4,6-8,10H2. The smallest absolute Gasteiger partial charge is 0.155 e. The van der Waals surface area contributed by atoms with Gasteiger partial charge in [0.25, 0.3) is 0 Å². The third-order valence-corrected chi connectivity index (χ3v) is 3.59. The highest BCUT2D eigenvalue weighted by Crippen LogP contribution is 2.42. The Kier molecular flexibility index (Phi) is 2.52. The van der Waals surface area contributed by atoms with Gasteiger partial charge in [-0.15, -0.1) is 0 Å². The van der Waals surface area contributed by atoms with Crippen molar-refractivity contribution < 1.29 is 4.79 Å². The van der Waals surface area contributed by atoms with Gasteiger partial charge in [0.2, 0.25) is 0 Å². The minimum Gasteiger partial charge on any atom is -0.295 e. The minimum atomic E-state index is 0.329. The van der Waals surface area contributed by atoms with Crippen molar-refractivity contribution in [1.82, 2.24) is 0 Å². The van der Waals surface area contributed by atoms with Crippen molar-refractivity contribution in [2.75, 3.05) is 0 Å². The number of hydrogen-bond acceptors (Lipinski definition) is 1. The number of rotatable bonds is 0. The monoisotopic (exact) mass is 178 g/mol. The van der Waals surface area contributed by atoms with Crippen LogP contribution in [0.15, 0.2) is 12.2 Å². The van der Waals surface area contributed by atoms with Gasteiger partial charge in [-0.05, 0) is 30.8 Å². The highest BCUT2D eigenvalue weighted by Gasteiger charge is 2.30. The first-order valence-corrected chi connectivity index (χ1v) is 5.53. The van der Waals surface area contributed by atoms with Gasteiger partial charge in [-0.25, -0.2) is 0 Å². The molecule has 0 aliphatic heterocycles. The van der Waals surface area contributed by atoms with Gasteiger partial charge < -0.3 is 0 Å². The Bertz CT molecular complexity index is 219. The Balaban J connectivity index is 2.09. The summed E-state index contributed by atoms with van der Waals surface area (Å²) in [5.74, 6) is 0.329. The molecule has 0 aromatic heterocycles. The number of carbonyl (C=O) groups excluding carboxylic acids is 1. The predicted octanol–water partition coefficient (Wildman–Crippen LogP) is 3.25. The zero-order valence-corrected chi connectivity index (χ0v) is 8.22. The summed E-state index contributed by atoms with van der Waals surface area (Å²) in [7, 11) is 0. The van der Waals surface area contributed by atoms with Crippen LogP contribution in [0, 0.1) is 5.41 Å². The molecular formula is C12H18O. The molecule has 2 aliphatic carbocycles. The fourth-order valence-electron chi connectivity index (χ4n) is 2.66. The van der Waals surface area contributed by atoms with Gasteiger partial charge in [0.15, 0.2) is 5.78 Å². The van der Waals surface area contributed by atoms with Crippen molar-refractivity contribution in [3.63, 3.8) is 0 Å². The molecule has 1 saturated carbocycles. The highest BCUT2D eigenvalue weighted by atomic mass is 16.1. The van der Waals surface area contributed by atoms with E-state index in [1.54, 1.807) is 0 Å². The van der Waals surface area contributed by atoms with E-state index in [4.69, 9.17) is 0 Å². The Hall–Kier alpha value is -0.590. The van der Waals surface area contributed by atoms with Crippen LogP contribution in [0.5, 0.6) is 0 Å². The van der Waals surface area contributed by atoms with Gasteiger partial charge in [0, 0.05) is 6.42 Å². The first-order valence-electron chi connectivity index (χ1n) is 5.53. The van der Waals surface area contributed by atoms with Crippen LogP contribution >= 0.6 is 0 Å². The molecule has 0 aromatic carbocycles. The van der Waals surface area contributed by atoms with Gasteiger partial charge in [0.05, 0.1) is 0 Å². The molecule has 0 heterocycles. The van der Waals surface area contributed by atoms with Crippen molar-refractivity contribution in [3.05, 3.63) is 12.2 Å². The number of allylic oxidation sites excluding steroid dienone is 2. The number of ketones is 1. The van der Waals surface area contributed by atoms with E-state index in [1.165, 1.54) is 38.5 Å². The van der Waals surface area contributed by atoms with Crippen LogP contribution in [0.3, 0.4) is 0 Å². The molecule has 0 atom stereocenters. The molecule has 1 fully saturated rings. The van der Waals surface area contributed by atoms with E-state index in [2.05, 4.69) is 6.08 Å². The maximum Gasteiger partial charge on any atom is 0.155 e. The summed E-state index contributed by atoms with van der Waals surface area (Å²) < 4.78 is 0. The zero-order valence-electron chi connectivity index (χ0n) is 8.22. The Morgan fingerprint density at radius 3 is 2.23 bits per heavy atom. The molecule has 1 spiro atoms. The molecule has 1 heteroatoms. The molecule has 1 nitrogen and oxygen atoms in total. The maximum atomic E-state index is 11.1. The van der Waals surface area contributed by atoms with Gasteiger partial charge in [-0.3, -0.25) is 4.79 Å². The molecule has 0 bridgehead atoms. The van der Waals surface area contributed by atoms with Crippen molar-refractivity contribution in [1.29, 1.82) is 0 Å². The summed E-state index contributed by atoms with van der Waals surface area (Å²) in [4.78, 5) is 11.1. The SMILES string of the molecule is O=C1C=CC2(CCCCCC2)CC1. The molecule has 0 amide bonds. The fourth-order valence-corrected chi connectivity index (χ4v) is 2.66. The molecule has 72 valence electrons. The lowest BCUT2D eigenvalue weighted by molar-refractivity contribution is -0.115. The lowest BCUT2D eigenvalue weighted by Gasteiger charge is -2.31. The van der Waals surface area contributed by atoms with E-state index in [0.29, 0.717) is 11.2 Å². The number of carbonyl (C=O) groups is 1. The van der Waals surface area contributed by atoms with E-state index in [9.17, 15) is 4.79 Å². The van der Waals surface area contributed by atoms with Crippen molar-refractivity contribution in [2.24, 2.45) is 5.41 Å². The molecule has 0 saturated heterocycles. The van der Waals surface area contributed by atoms with Crippen LogP contribution in [-0.2, 0) is 4.79 Å². The van der Waals surface area contributed by atoms with E-state index < -0.39 is 0 Å². The van der Waals surface area contributed by atoms with E-state index in [1.807, 2.05) is 6.08 Å². The van der Waals surface area contributed by atoms with Crippen molar-refractivity contribution in [3.8, 4) is 0 Å². The summed E-state index contributed by atoms with van der Waals surface area (Å²) in [5, 5.41) is 0. The molecule has 13 heavy (non-hydrogen) atoms. The average Bonchev–Trinajstić information content (AvgIpc) is 2.37. The normalized spacial score (nSPS) is 27.5. The molecular weight excluding hydrogens is 160 g/mol. The Morgan fingerprint density at radius 2 is 1.69 bits per heavy atom. The second-order valence-electron chi connectivity index (χ2n) is 4.58. The lowest BCUT2D eigenvalue weighted by Crippen LogP contribution is -2.22. The predicted molar refractivity (Wildman–Crippen MR) is 53.5 cm³/mol. The molecule has 0 radical (unpaired) electrons. The van der Waals surface area contributed by atoms with E-state index in [0.717, 1.165) is 12.8 Å². The second kappa shape index (κ2) is 3.65. The maximum absolute atomic E-state index is 11.1. The van der Waals surface area contributed by atoms with E-state index >= 15 is 0 Å². The van der Waals surface area contributed by atoms with E-state index in [-0.39, 0.29) is 0 Å². The minimum absolute atomic E-state index is 0.329. The molecule has 0 N–H and O–H groups in total. The molecule has 2 rings (SSSR count). The zero-order chi connectivity index (χ0) is 9.15. The third kappa shape index (κ3) is 2.01. The van der Waals surface area contributed by atoms with Gasteiger partial charge in [0.1, 0.15) is 0 Å². The largest absolute Gasteiger partial charge is 0.295 e. The quantitative estimate of drug-likeness (QED) is 0.556. The van der Waals surface area contributed by atoms with Crippen LogP contribution in [0.1, 0.15) is 51.4 Å². The second-order valence-corrected chi connectivity index (χ2v) is 4.58. The van der Waals surface area contributed by atoms with Gasteiger partial charge >= 0.3 is 0 Å². The topological polar surface area (TPSA) is 17.1 Å². The third-order valence-electron chi connectivity index (χ3n) is 3.59. The summed E-state index contributed by atoms with van der Waals surface area (Å²) in [5.41, 5.74) is 0.421. The van der Waals surface area contributed by atoms with Crippen LogP contribution in [-0.4, -0.2) is 5.78 Å². The molecule has 2 aliphatic rings. The Morgan fingerprint density at radius 1 is 1.00 bits per heavy atom. The van der Waals surface area contributed by atoms with Gasteiger partial charge in [-0.2, -0.15) is 0 Å².